The van der Waals surface area contributed by atoms with Crippen molar-refractivity contribution in [2.45, 2.75) is 43.0 Å². The number of carbonyl (C=O) groups excluding carboxylic acids is 2. The van der Waals surface area contributed by atoms with Gasteiger partial charge in [0, 0.05) is 11.3 Å². The molecule has 10 heteroatoms. The van der Waals surface area contributed by atoms with Gasteiger partial charge in [-0.2, -0.15) is 0 Å². The lowest BCUT2D eigenvalue weighted by molar-refractivity contribution is -0.132. The van der Waals surface area contributed by atoms with Gasteiger partial charge in [0.2, 0.25) is 5.13 Å². The van der Waals surface area contributed by atoms with E-state index in [1.165, 1.54) is 33.6 Å². The number of hydrogen-bond acceptors (Lipinski definition) is 9. The number of aromatic nitrogens is 2. The van der Waals surface area contributed by atoms with E-state index in [1.54, 1.807) is 36.4 Å². The van der Waals surface area contributed by atoms with Gasteiger partial charge in [0.1, 0.15) is 23.9 Å². The molecule has 1 aliphatic rings. The Labute approximate surface area is 281 Å². The van der Waals surface area contributed by atoms with Crippen LogP contribution in [0.5, 0.6) is 11.5 Å². The number of carbonyl (C=O) groups is 2. The zero-order valence-corrected chi connectivity index (χ0v) is 27.6. The molecule has 0 radical (unpaired) electrons. The number of thioether (sulfide) groups is 1. The van der Waals surface area contributed by atoms with Crippen LogP contribution in [0.2, 0.25) is 0 Å². The molecular formula is C37H33N3O5S2. The number of rotatable bonds is 12. The highest BCUT2D eigenvalue weighted by Crippen LogP contribution is 2.44. The normalized spacial score (nSPS) is 15.6. The summed E-state index contributed by atoms with van der Waals surface area (Å²) in [6.45, 7) is 4.97. The molecule has 1 saturated heterocycles. The predicted molar refractivity (Wildman–Crippen MR) is 185 cm³/mol. The molecule has 1 aliphatic heterocycles. The van der Waals surface area contributed by atoms with Crippen LogP contribution in [0.25, 0.3) is 5.76 Å². The van der Waals surface area contributed by atoms with Gasteiger partial charge in [0.15, 0.2) is 4.34 Å². The number of Topliss-reactive ketones (excluding diaryl/α,β-unsaturated/α-hetero) is 1. The number of ether oxygens (including phenoxy) is 2. The van der Waals surface area contributed by atoms with Crippen molar-refractivity contribution in [2.75, 3.05) is 11.5 Å². The van der Waals surface area contributed by atoms with Gasteiger partial charge >= 0.3 is 5.91 Å². The summed E-state index contributed by atoms with van der Waals surface area (Å²) in [5, 5.41) is 20.5. The minimum absolute atomic E-state index is 0.0403. The summed E-state index contributed by atoms with van der Waals surface area (Å²) in [5.41, 5.74) is 4.25. The van der Waals surface area contributed by atoms with E-state index in [9.17, 15) is 14.7 Å². The molecule has 4 aromatic carbocycles. The van der Waals surface area contributed by atoms with Crippen LogP contribution in [0.3, 0.4) is 0 Å². The first-order chi connectivity index (χ1) is 22.9. The monoisotopic (exact) mass is 663 g/mol. The van der Waals surface area contributed by atoms with Gasteiger partial charge in [0.05, 0.1) is 18.2 Å². The van der Waals surface area contributed by atoms with E-state index in [-0.39, 0.29) is 16.5 Å². The standard InChI is InChI=1S/C37H33N3O5S2/c1-3-20-44-29-18-16-27(17-19-29)33(41)31-32(28-10-7-11-30(21-28)45-22-25-8-5-4-6-9-25)40(35(43)34(31)42)36-38-39-37(47-36)46-23-26-14-12-24(2)13-15-26/h4-19,21,32,41H,3,20,22-23H2,1-2H3. The number of ketones is 1. The molecule has 0 aliphatic carbocycles. The number of aryl methyl sites for hydroxylation is 1. The molecule has 1 aromatic heterocycles. The molecule has 1 amide bonds. The van der Waals surface area contributed by atoms with Crippen molar-refractivity contribution >= 4 is 45.7 Å². The van der Waals surface area contributed by atoms with E-state index >= 15 is 0 Å². The maximum atomic E-state index is 13.7. The molecule has 1 unspecified atom stereocenters. The summed E-state index contributed by atoms with van der Waals surface area (Å²) >= 11 is 2.73. The second-order valence-corrected chi connectivity index (χ2v) is 13.2. The van der Waals surface area contributed by atoms with E-state index in [0.717, 1.165) is 17.5 Å². The Morgan fingerprint density at radius 2 is 1.64 bits per heavy atom. The Morgan fingerprint density at radius 1 is 0.872 bits per heavy atom. The first kappa shape index (κ1) is 32.0. The molecule has 2 heterocycles. The third kappa shape index (κ3) is 7.40. The smallest absolute Gasteiger partial charge is 0.301 e. The minimum atomic E-state index is -0.964. The average Bonchev–Trinajstić information content (AvgIpc) is 3.68. The predicted octanol–water partition coefficient (Wildman–Crippen LogP) is 8.13. The van der Waals surface area contributed by atoms with Crippen LogP contribution < -0.4 is 14.4 Å². The fraction of sp³-hybridized carbons (Fsp3) is 0.189. The Kier molecular flexibility index (Phi) is 9.99. The van der Waals surface area contributed by atoms with Crippen LogP contribution in [-0.2, 0) is 21.9 Å². The number of aliphatic hydroxyl groups is 1. The molecule has 8 nitrogen and oxygen atoms in total. The fourth-order valence-corrected chi connectivity index (χ4v) is 6.96. The number of benzene rings is 4. The Hall–Kier alpha value is -4.93. The van der Waals surface area contributed by atoms with Gasteiger partial charge in [0.25, 0.3) is 5.78 Å². The molecule has 1 N–H and O–H groups in total. The summed E-state index contributed by atoms with van der Waals surface area (Å²) in [4.78, 5) is 28.8. The number of aliphatic hydroxyl groups excluding tert-OH is 1. The molecule has 1 fully saturated rings. The molecule has 238 valence electrons. The summed E-state index contributed by atoms with van der Waals surface area (Å²) < 4.78 is 12.4. The van der Waals surface area contributed by atoms with Crippen LogP contribution >= 0.6 is 23.1 Å². The highest BCUT2D eigenvalue weighted by molar-refractivity contribution is 8.00. The summed E-state index contributed by atoms with van der Waals surface area (Å²) in [6.07, 6.45) is 0.858. The molecule has 1 atom stereocenters. The van der Waals surface area contributed by atoms with Crippen LogP contribution in [-0.4, -0.2) is 33.6 Å². The second kappa shape index (κ2) is 14.7. The first-order valence-electron chi connectivity index (χ1n) is 15.2. The Bertz CT molecular complexity index is 1890. The topological polar surface area (TPSA) is 102 Å². The van der Waals surface area contributed by atoms with Crippen molar-refractivity contribution in [1.82, 2.24) is 10.2 Å². The zero-order chi connectivity index (χ0) is 32.8. The number of amides is 1. The molecule has 6 rings (SSSR count). The van der Waals surface area contributed by atoms with Gasteiger partial charge < -0.3 is 14.6 Å². The van der Waals surface area contributed by atoms with Crippen LogP contribution in [0.1, 0.15) is 47.2 Å². The number of nitrogens with zero attached hydrogens (tertiary/aromatic N) is 3. The molecule has 0 spiro atoms. The molecular weight excluding hydrogens is 631 g/mol. The fourth-order valence-electron chi connectivity index (χ4n) is 5.13. The van der Waals surface area contributed by atoms with E-state index in [0.29, 0.717) is 45.9 Å². The summed E-state index contributed by atoms with van der Waals surface area (Å²) in [7, 11) is 0. The third-order valence-corrected chi connectivity index (χ3v) is 9.68. The van der Waals surface area contributed by atoms with Crippen molar-refractivity contribution in [2.24, 2.45) is 0 Å². The maximum absolute atomic E-state index is 13.7. The third-order valence-electron chi connectivity index (χ3n) is 7.55. The zero-order valence-electron chi connectivity index (χ0n) is 26.0. The lowest BCUT2D eigenvalue weighted by Crippen LogP contribution is -2.29. The van der Waals surface area contributed by atoms with Gasteiger partial charge in [-0.25, -0.2) is 0 Å². The largest absolute Gasteiger partial charge is 0.507 e. The molecule has 5 aromatic rings. The van der Waals surface area contributed by atoms with Crippen molar-refractivity contribution < 1.29 is 24.2 Å². The van der Waals surface area contributed by atoms with Gasteiger partial charge in [-0.05, 0) is 66.4 Å². The summed E-state index contributed by atoms with van der Waals surface area (Å²) in [5.74, 6) is -0.00320. The van der Waals surface area contributed by atoms with Crippen LogP contribution in [0.4, 0.5) is 5.13 Å². The highest BCUT2D eigenvalue weighted by Gasteiger charge is 2.48. The summed E-state index contributed by atoms with van der Waals surface area (Å²) in [6, 6.07) is 31.1. The van der Waals surface area contributed by atoms with E-state index in [1.807, 2.05) is 56.3 Å². The van der Waals surface area contributed by atoms with Crippen LogP contribution in [0, 0.1) is 6.92 Å². The highest BCUT2D eigenvalue weighted by atomic mass is 32.2. The lowest BCUT2D eigenvalue weighted by Gasteiger charge is -2.23. The van der Waals surface area contributed by atoms with Crippen molar-refractivity contribution in [3.05, 3.63) is 137 Å². The van der Waals surface area contributed by atoms with E-state index in [4.69, 9.17) is 9.47 Å². The maximum Gasteiger partial charge on any atom is 0.301 e. The molecule has 0 bridgehead atoms. The molecule has 0 saturated carbocycles. The Balaban J connectivity index is 1.35. The number of anilines is 1. The molecule has 47 heavy (non-hydrogen) atoms. The van der Waals surface area contributed by atoms with Crippen molar-refractivity contribution in [3.63, 3.8) is 0 Å². The SMILES string of the molecule is CCCOc1ccc(C(O)=C2C(=O)C(=O)N(c3nnc(SCc4ccc(C)cc4)s3)C2c2cccc(OCc3ccccc3)c2)cc1. The minimum Gasteiger partial charge on any atom is -0.507 e. The van der Waals surface area contributed by atoms with Crippen molar-refractivity contribution in [3.8, 4) is 11.5 Å². The second-order valence-electron chi connectivity index (χ2n) is 11.0. The van der Waals surface area contributed by atoms with Crippen molar-refractivity contribution in [1.29, 1.82) is 0 Å². The van der Waals surface area contributed by atoms with Gasteiger partial charge in [-0.15, -0.1) is 10.2 Å². The quantitative estimate of drug-likeness (QED) is 0.0470. The lowest BCUT2D eigenvalue weighted by atomic mass is 9.95. The van der Waals surface area contributed by atoms with Crippen LogP contribution in [0.15, 0.2) is 113 Å². The Morgan fingerprint density at radius 3 is 2.38 bits per heavy atom. The van der Waals surface area contributed by atoms with E-state index < -0.39 is 17.7 Å². The first-order valence-corrected chi connectivity index (χ1v) is 17.0. The van der Waals surface area contributed by atoms with Gasteiger partial charge in [-0.1, -0.05) is 102 Å². The number of hydrogen-bond donors (Lipinski definition) is 1. The average molecular weight is 664 g/mol. The van der Waals surface area contributed by atoms with E-state index in [2.05, 4.69) is 34.5 Å². The van der Waals surface area contributed by atoms with Gasteiger partial charge in [-0.3, -0.25) is 14.5 Å².